The Hall–Kier alpha value is -0.500. The molecule has 0 saturated heterocycles. The van der Waals surface area contributed by atoms with Crippen molar-refractivity contribution in [3.05, 3.63) is 29.3 Å². The second-order valence-electron chi connectivity index (χ2n) is 3.85. The number of anilines is 1. The molecule has 1 aromatic rings. The van der Waals surface area contributed by atoms with Crippen molar-refractivity contribution in [1.29, 1.82) is 0 Å². The third-order valence-electron chi connectivity index (χ3n) is 2.59. The molecule has 1 rings (SSSR count). The maximum atomic E-state index is 3.56. The van der Waals surface area contributed by atoms with Crippen molar-refractivity contribution in [1.82, 2.24) is 0 Å². The third kappa shape index (κ3) is 3.23. The minimum Gasteiger partial charge on any atom is -0.372 e. The molecule has 0 radical (unpaired) electrons. The highest BCUT2D eigenvalue weighted by Crippen LogP contribution is 2.24. The van der Waals surface area contributed by atoms with Gasteiger partial charge < -0.3 is 4.90 Å². The van der Waals surface area contributed by atoms with Gasteiger partial charge in [-0.25, -0.2) is 0 Å². The van der Waals surface area contributed by atoms with Crippen molar-refractivity contribution in [3.63, 3.8) is 0 Å². The highest BCUT2D eigenvalue weighted by Gasteiger charge is 2.07. The first-order valence-electron chi connectivity index (χ1n) is 5.63. The van der Waals surface area contributed by atoms with Crippen molar-refractivity contribution < 1.29 is 0 Å². The molecular weight excluding hydrogens is 250 g/mol. The van der Waals surface area contributed by atoms with E-state index in [4.69, 9.17) is 0 Å². The van der Waals surface area contributed by atoms with Gasteiger partial charge in [0.2, 0.25) is 0 Å². The predicted molar refractivity (Wildman–Crippen MR) is 72.0 cm³/mol. The molecule has 1 nitrogen and oxygen atoms in total. The zero-order valence-corrected chi connectivity index (χ0v) is 11.5. The summed E-state index contributed by atoms with van der Waals surface area (Å²) < 4.78 is 0. The molecule has 0 amide bonds. The van der Waals surface area contributed by atoms with Crippen LogP contribution in [0.2, 0.25) is 0 Å². The number of hydrogen-bond donors (Lipinski definition) is 0. The van der Waals surface area contributed by atoms with Crippen LogP contribution in [0.3, 0.4) is 0 Å². The summed E-state index contributed by atoms with van der Waals surface area (Å²) in [6.07, 6.45) is 1.20. The summed E-state index contributed by atoms with van der Waals surface area (Å²) in [6.45, 7) is 8.81. The zero-order chi connectivity index (χ0) is 11.3. The Labute approximate surface area is 102 Å². The Bertz CT molecular complexity index is 309. The second kappa shape index (κ2) is 6.16. The van der Waals surface area contributed by atoms with Gasteiger partial charge in [-0.1, -0.05) is 40.5 Å². The number of benzene rings is 1. The van der Waals surface area contributed by atoms with Gasteiger partial charge in [0.15, 0.2) is 0 Å². The molecule has 1 aromatic carbocycles. The molecule has 0 saturated carbocycles. The average molecular weight is 270 g/mol. The topological polar surface area (TPSA) is 3.24 Å². The highest BCUT2D eigenvalue weighted by atomic mass is 79.9. The lowest BCUT2D eigenvalue weighted by Gasteiger charge is -2.25. The van der Waals surface area contributed by atoms with Crippen LogP contribution in [-0.4, -0.2) is 13.1 Å². The number of alkyl halides is 1. The van der Waals surface area contributed by atoms with Crippen LogP contribution in [0.5, 0.6) is 0 Å². The first kappa shape index (κ1) is 12.6. The minimum atomic E-state index is 0.935. The lowest BCUT2D eigenvalue weighted by molar-refractivity contribution is 0.788. The van der Waals surface area contributed by atoms with Crippen LogP contribution in [0, 0.1) is 6.92 Å². The lowest BCUT2D eigenvalue weighted by Crippen LogP contribution is -2.24. The molecule has 0 aliphatic carbocycles. The summed E-state index contributed by atoms with van der Waals surface area (Å²) in [4.78, 5) is 2.44. The normalized spacial score (nSPS) is 10.4. The van der Waals surface area contributed by atoms with Gasteiger partial charge in [0, 0.05) is 24.1 Å². The Kier molecular flexibility index (Phi) is 5.16. The van der Waals surface area contributed by atoms with Crippen LogP contribution in [0.1, 0.15) is 31.4 Å². The Morgan fingerprint density at radius 2 is 2.00 bits per heavy atom. The van der Waals surface area contributed by atoms with E-state index in [-0.39, 0.29) is 0 Å². The van der Waals surface area contributed by atoms with Gasteiger partial charge >= 0.3 is 0 Å². The quantitative estimate of drug-likeness (QED) is 0.727. The predicted octanol–water partition coefficient (Wildman–Crippen LogP) is 4.13. The fourth-order valence-corrected chi connectivity index (χ4v) is 2.30. The maximum Gasteiger partial charge on any atom is 0.0407 e. The monoisotopic (exact) mass is 269 g/mol. The Morgan fingerprint density at radius 1 is 1.27 bits per heavy atom. The summed E-state index contributed by atoms with van der Waals surface area (Å²) in [5, 5.41) is 0.935. The second-order valence-corrected chi connectivity index (χ2v) is 4.41. The number of halogens is 1. The SMILES string of the molecule is CCCN(CC)c1ccc(C)cc1CBr. The molecule has 2 heteroatoms. The number of aryl methyl sites for hydroxylation is 1. The number of rotatable bonds is 5. The summed E-state index contributed by atoms with van der Waals surface area (Å²) in [6, 6.07) is 6.70. The van der Waals surface area contributed by atoms with Crippen LogP contribution in [0.25, 0.3) is 0 Å². The Balaban J connectivity index is 2.99. The fourth-order valence-electron chi connectivity index (χ4n) is 1.85. The zero-order valence-electron chi connectivity index (χ0n) is 9.89. The van der Waals surface area contributed by atoms with E-state index in [9.17, 15) is 0 Å². The fraction of sp³-hybridized carbons (Fsp3) is 0.538. The first-order valence-corrected chi connectivity index (χ1v) is 6.75. The van der Waals surface area contributed by atoms with E-state index in [1.54, 1.807) is 0 Å². The molecule has 0 atom stereocenters. The van der Waals surface area contributed by atoms with E-state index in [1.165, 1.54) is 23.2 Å². The lowest BCUT2D eigenvalue weighted by atomic mass is 10.1. The summed E-state index contributed by atoms with van der Waals surface area (Å²) in [5.41, 5.74) is 4.10. The van der Waals surface area contributed by atoms with Gasteiger partial charge in [0.05, 0.1) is 0 Å². The average Bonchev–Trinajstić information content (AvgIpc) is 2.26. The van der Waals surface area contributed by atoms with E-state index in [0.717, 1.165) is 18.4 Å². The molecule has 0 aromatic heterocycles. The van der Waals surface area contributed by atoms with Crippen LogP contribution in [0.15, 0.2) is 18.2 Å². The molecule has 84 valence electrons. The Morgan fingerprint density at radius 3 is 2.53 bits per heavy atom. The van der Waals surface area contributed by atoms with E-state index in [0.29, 0.717) is 0 Å². The van der Waals surface area contributed by atoms with Crippen molar-refractivity contribution in [2.75, 3.05) is 18.0 Å². The van der Waals surface area contributed by atoms with Gasteiger partial charge in [-0.2, -0.15) is 0 Å². The van der Waals surface area contributed by atoms with Crippen LogP contribution in [-0.2, 0) is 5.33 Å². The van der Waals surface area contributed by atoms with Gasteiger partial charge in [0.25, 0.3) is 0 Å². The van der Waals surface area contributed by atoms with Gasteiger partial charge in [0.1, 0.15) is 0 Å². The molecule has 0 N–H and O–H groups in total. The van der Waals surface area contributed by atoms with Crippen molar-refractivity contribution >= 4 is 21.6 Å². The third-order valence-corrected chi connectivity index (χ3v) is 3.20. The smallest absolute Gasteiger partial charge is 0.0407 e. The van der Waals surface area contributed by atoms with Crippen molar-refractivity contribution in [2.24, 2.45) is 0 Å². The maximum absolute atomic E-state index is 3.56. The van der Waals surface area contributed by atoms with E-state index < -0.39 is 0 Å². The first-order chi connectivity index (χ1) is 7.22. The van der Waals surface area contributed by atoms with Gasteiger partial charge in [-0.15, -0.1) is 0 Å². The van der Waals surface area contributed by atoms with Gasteiger partial charge in [-0.3, -0.25) is 0 Å². The number of nitrogens with zero attached hydrogens (tertiary/aromatic N) is 1. The van der Waals surface area contributed by atoms with E-state index >= 15 is 0 Å². The summed E-state index contributed by atoms with van der Waals surface area (Å²) >= 11 is 3.56. The highest BCUT2D eigenvalue weighted by molar-refractivity contribution is 9.08. The van der Waals surface area contributed by atoms with Crippen molar-refractivity contribution in [2.45, 2.75) is 32.5 Å². The van der Waals surface area contributed by atoms with Crippen LogP contribution >= 0.6 is 15.9 Å². The molecular formula is C13H20BrN. The van der Waals surface area contributed by atoms with E-state index in [1.807, 2.05) is 0 Å². The molecule has 0 aliphatic rings. The molecule has 0 heterocycles. The van der Waals surface area contributed by atoms with Crippen LogP contribution in [0.4, 0.5) is 5.69 Å². The van der Waals surface area contributed by atoms with E-state index in [2.05, 4.69) is 59.8 Å². The number of hydrogen-bond acceptors (Lipinski definition) is 1. The van der Waals surface area contributed by atoms with Crippen LogP contribution < -0.4 is 4.90 Å². The molecule has 0 fully saturated rings. The standard InChI is InChI=1S/C13H20BrN/c1-4-8-15(5-2)13-7-6-11(3)9-12(13)10-14/h6-7,9H,4-5,8,10H2,1-3H3. The van der Waals surface area contributed by atoms with Gasteiger partial charge in [-0.05, 0) is 31.9 Å². The van der Waals surface area contributed by atoms with Crippen molar-refractivity contribution in [3.8, 4) is 0 Å². The molecule has 0 bridgehead atoms. The molecule has 15 heavy (non-hydrogen) atoms. The molecule has 0 aliphatic heterocycles. The summed E-state index contributed by atoms with van der Waals surface area (Å²) in [7, 11) is 0. The summed E-state index contributed by atoms with van der Waals surface area (Å²) in [5.74, 6) is 0. The largest absolute Gasteiger partial charge is 0.372 e. The molecule has 0 spiro atoms. The molecule has 0 unspecified atom stereocenters. The minimum absolute atomic E-state index is 0.935.